The molecule has 0 aromatic rings. The molecule has 0 amide bonds. The minimum absolute atomic E-state index is 0.190. The number of hydrogen-bond donors (Lipinski definition) is 7. The Labute approximate surface area is 131 Å². The van der Waals surface area contributed by atoms with Crippen LogP contribution in [0.5, 0.6) is 0 Å². The monoisotopic (exact) mass is 343 g/mol. The van der Waals surface area contributed by atoms with Crippen molar-refractivity contribution in [3.8, 4) is 0 Å². The van der Waals surface area contributed by atoms with E-state index in [1.54, 1.807) is 0 Å². The Kier molecular flexibility index (Phi) is 13.5. The minimum atomic E-state index is -1.08. The number of nitrogens with one attached hydrogen (secondary N) is 1. The zero-order valence-corrected chi connectivity index (χ0v) is 13.1. The maximum absolute atomic E-state index is 10.5. The molecule has 3 unspecified atom stereocenters. The van der Waals surface area contributed by atoms with Crippen LogP contribution < -0.4 is 16.8 Å². The van der Waals surface area contributed by atoms with Crippen molar-refractivity contribution in [3.05, 3.63) is 0 Å². The maximum atomic E-state index is 10.5. The third-order valence-corrected chi connectivity index (χ3v) is 3.62. The Bertz CT molecular complexity index is 345. The number of thioether (sulfide) groups is 1. The number of carboxylic acid groups (broad SMARTS) is 3. The number of nitrogens with two attached hydrogens (primary N) is 2. The summed E-state index contributed by atoms with van der Waals surface area (Å²) in [6.45, 7) is 0. The first kappa shape index (κ1) is 22.3. The molecule has 124 valence electrons. The van der Waals surface area contributed by atoms with Crippen molar-refractivity contribution >= 4 is 42.3 Å². The highest BCUT2D eigenvalue weighted by molar-refractivity contribution is 7.99. The van der Waals surface area contributed by atoms with E-state index in [4.69, 9.17) is 26.8 Å². The molecule has 0 fully saturated rings. The van der Waals surface area contributed by atoms with Crippen molar-refractivity contribution in [2.24, 2.45) is 11.5 Å². The van der Waals surface area contributed by atoms with Crippen LogP contribution in [0, 0.1) is 0 Å². The molecule has 9 nitrogen and oxygen atoms in total. The molecule has 0 radical (unpaired) electrons. The van der Waals surface area contributed by atoms with Crippen LogP contribution in [-0.2, 0) is 14.4 Å². The van der Waals surface area contributed by atoms with Gasteiger partial charge in [-0.15, -0.1) is 0 Å². The lowest BCUT2D eigenvalue weighted by Crippen LogP contribution is -2.38. The summed E-state index contributed by atoms with van der Waals surface area (Å²) in [4.78, 5) is 30.6. The molecule has 0 aromatic heterocycles. The van der Waals surface area contributed by atoms with E-state index >= 15 is 0 Å². The van der Waals surface area contributed by atoms with Gasteiger partial charge in [0.2, 0.25) is 0 Å². The summed E-state index contributed by atoms with van der Waals surface area (Å²) in [6, 6.07) is -2.42. The predicted octanol–water partition coefficient (Wildman–Crippen LogP) is -1.87. The molecule has 0 heterocycles. The van der Waals surface area contributed by atoms with Crippen LogP contribution in [0.3, 0.4) is 0 Å². The molecule has 0 bridgehead atoms. The first-order chi connectivity index (χ1) is 9.67. The van der Waals surface area contributed by atoms with Crippen LogP contribution in [-0.4, -0.2) is 75.7 Å². The quantitative estimate of drug-likeness (QED) is 0.235. The summed E-state index contributed by atoms with van der Waals surface area (Å²) in [6.07, 6.45) is 0. The maximum Gasteiger partial charge on any atom is 0.321 e. The van der Waals surface area contributed by atoms with Gasteiger partial charge in [-0.2, -0.15) is 24.4 Å². The van der Waals surface area contributed by atoms with Crippen LogP contribution in [0.4, 0.5) is 0 Å². The third kappa shape index (κ3) is 12.4. The second kappa shape index (κ2) is 12.7. The molecule has 8 N–H and O–H groups in total. The average molecular weight is 343 g/mol. The molecule has 11 heteroatoms. The van der Waals surface area contributed by atoms with Gasteiger partial charge < -0.3 is 32.1 Å². The molecule has 0 aromatic carbocycles. The lowest BCUT2D eigenvalue weighted by Gasteiger charge is -2.11. The molecule has 0 spiro atoms. The van der Waals surface area contributed by atoms with Crippen molar-refractivity contribution in [2.45, 2.75) is 18.1 Å². The summed E-state index contributed by atoms with van der Waals surface area (Å²) in [7, 11) is 1.54. The standard InChI is InChI=1S/C7H14N2O4S.C3H7NO2S/c1-9-5(7(12)13)3-14-2-4(8)6(10)11;4-2(1-7)3(5)6/h4-5,9H,2-3,8H2,1H3,(H,10,11)(H,12,13);2,7H,1,4H2,(H,5,6). The molecule has 0 saturated carbocycles. The number of hydrogen-bond acceptors (Lipinski definition) is 8. The fraction of sp³-hybridized carbons (Fsp3) is 0.700. The van der Waals surface area contributed by atoms with E-state index in [-0.39, 0.29) is 11.5 Å². The molecular formula is C10H21N3O6S2. The van der Waals surface area contributed by atoms with E-state index in [9.17, 15) is 14.4 Å². The van der Waals surface area contributed by atoms with Gasteiger partial charge in [0.25, 0.3) is 0 Å². The second-order valence-electron chi connectivity index (χ2n) is 3.79. The van der Waals surface area contributed by atoms with Crippen LogP contribution in [0.25, 0.3) is 0 Å². The van der Waals surface area contributed by atoms with E-state index in [1.807, 2.05) is 0 Å². The van der Waals surface area contributed by atoms with Gasteiger partial charge in [-0.25, -0.2) is 0 Å². The van der Waals surface area contributed by atoms with Gasteiger partial charge in [0.05, 0.1) is 0 Å². The number of aliphatic carboxylic acids is 3. The Morgan fingerprint density at radius 1 is 1.05 bits per heavy atom. The van der Waals surface area contributed by atoms with Gasteiger partial charge in [-0.3, -0.25) is 14.4 Å². The summed E-state index contributed by atoms with van der Waals surface area (Å²) >= 11 is 4.85. The van der Waals surface area contributed by atoms with E-state index < -0.39 is 36.0 Å². The predicted molar refractivity (Wildman–Crippen MR) is 82.9 cm³/mol. The van der Waals surface area contributed by atoms with Gasteiger partial charge in [0, 0.05) is 17.3 Å². The van der Waals surface area contributed by atoms with Crippen LogP contribution in [0.2, 0.25) is 0 Å². The Balaban J connectivity index is 0. The third-order valence-electron chi connectivity index (χ3n) is 2.06. The van der Waals surface area contributed by atoms with Crippen molar-refractivity contribution in [2.75, 3.05) is 24.3 Å². The number of carboxylic acids is 3. The molecule has 0 aliphatic carbocycles. The first-order valence-corrected chi connectivity index (χ1v) is 7.51. The van der Waals surface area contributed by atoms with Gasteiger partial charge in [0.1, 0.15) is 18.1 Å². The number of carbonyl (C=O) groups is 3. The SMILES string of the molecule is CNC(CSCC(N)C(=O)O)C(=O)O.NC(CS)C(=O)O. The van der Waals surface area contributed by atoms with Gasteiger partial charge in [-0.1, -0.05) is 0 Å². The molecule has 0 aliphatic heterocycles. The zero-order chi connectivity index (χ0) is 17.0. The second-order valence-corrected chi connectivity index (χ2v) is 5.23. The molecule has 21 heavy (non-hydrogen) atoms. The van der Waals surface area contributed by atoms with Gasteiger partial charge in [-0.05, 0) is 7.05 Å². The van der Waals surface area contributed by atoms with E-state index in [0.717, 1.165) is 0 Å². The normalized spacial score (nSPS) is 14.3. The fourth-order valence-corrected chi connectivity index (χ4v) is 1.97. The topological polar surface area (TPSA) is 176 Å². The van der Waals surface area contributed by atoms with E-state index in [2.05, 4.69) is 17.9 Å². The van der Waals surface area contributed by atoms with Crippen molar-refractivity contribution in [1.29, 1.82) is 0 Å². The summed E-state index contributed by atoms with van der Waals surface area (Å²) in [5.41, 5.74) is 10.2. The lowest BCUT2D eigenvalue weighted by molar-refractivity contribution is -0.139. The van der Waals surface area contributed by atoms with Gasteiger partial charge in [0.15, 0.2) is 0 Å². The highest BCUT2D eigenvalue weighted by Gasteiger charge is 2.17. The highest BCUT2D eigenvalue weighted by atomic mass is 32.2. The van der Waals surface area contributed by atoms with Gasteiger partial charge >= 0.3 is 17.9 Å². The molecule has 0 rings (SSSR count). The fourth-order valence-electron chi connectivity index (χ4n) is 0.740. The number of thiol groups is 1. The molecule has 0 aliphatic rings. The van der Waals surface area contributed by atoms with Crippen LogP contribution in [0.1, 0.15) is 0 Å². The lowest BCUT2D eigenvalue weighted by atomic mass is 10.3. The van der Waals surface area contributed by atoms with E-state index in [1.165, 1.54) is 18.8 Å². The van der Waals surface area contributed by atoms with Crippen LogP contribution in [0.15, 0.2) is 0 Å². The Morgan fingerprint density at radius 2 is 1.52 bits per heavy atom. The molecule has 3 atom stereocenters. The van der Waals surface area contributed by atoms with Crippen molar-refractivity contribution in [1.82, 2.24) is 5.32 Å². The Morgan fingerprint density at radius 3 is 1.76 bits per heavy atom. The van der Waals surface area contributed by atoms with E-state index in [0.29, 0.717) is 5.75 Å². The summed E-state index contributed by atoms with van der Waals surface area (Å²) in [5.74, 6) is -2.34. The number of rotatable bonds is 9. The largest absolute Gasteiger partial charge is 0.480 e. The van der Waals surface area contributed by atoms with Crippen molar-refractivity contribution in [3.63, 3.8) is 0 Å². The first-order valence-electron chi connectivity index (χ1n) is 5.72. The smallest absolute Gasteiger partial charge is 0.321 e. The highest BCUT2D eigenvalue weighted by Crippen LogP contribution is 2.04. The van der Waals surface area contributed by atoms with Crippen molar-refractivity contribution < 1.29 is 29.7 Å². The molecular weight excluding hydrogens is 322 g/mol. The molecule has 0 saturated heterocycles. The summed E-state index contributed by atoms with van der Waals surface area (Å²) < 4.78 is 0. The minimum Gasteiger partial charge on any atom is -0.480 e. The zero-order valence-electron chi connectivity index (χ0n) is 11.4. The average Bonchev–Trinajstić information content (AvgIpc) is 2.42. The Hall–Kier alpha value is -1.01. The summed E-state index contributed by atoms with van der Waals surface area (Å²) in [5, 5.41) is 27.7. The number of likely N-dealkylation sites (N-methyl/N-ethyl adjacent to an activating group) is 1. The van der Waals surface area contributed by atoms with Crippen LogP contribution >= 0.6 is 24.4 Å².